The molecule has 3 nitrogen and oxygen atoms in total. The minimum absolute atomic E-state index is 0.351. The van der Waals surface area contributed by atoms with Crippen molar-refractivity contribution in [3.63, 3.8) is 0 Å². The quantitative estimate of drug-likeness (QED) is 0.811. The van der Waals surface area contributed by atoms with Crippen LogP contribution >= 0.6 is 0 Å². The summed E-state index contributed by atoms with van der Waals surface area (Å²) < 4.78 is 0. The van der Waals surface area contributed by atoms with Crippen LogP contribution in [0.25, 0.3) is 0 Å². The fourth-order valence-electron chi connectivity index (χ4n) is 2.32. The SMILES string of the molecule is CC1CCN(C(CN)c2cccnc2)C1. The Balaban J connectivity index is 2.11. The van der Waals surface area contributed by atoms with E-state index in [-0.39, 0.29) is 0 Å². The minimum Gasteiger partial charge on any atom is -0.329 e. The van der Waals surface area contributed by atoms with Gasteiger partial charge in [0.1, 0.15) is 0 Å². The normalized spacial score (nSPS) is 24.3. The van der Waals surface area contributed by atoms with E-state index in [1.807, 2.05) is 18.5 Å². The van der Waals surface area contributed by atoms with Gasteiger partial charge >= 0.3 is 0 Å². The van der Waals surface area contributed by atoms with Gasteiger partial charge in [0.2, 0.25) is 0 Å². The first-order valence-electron chi connectivity index (χ1n) is 5.65. The van der Waals surface area contributed by atoms with E-state index in [1.165, 1.54) is 12.0 Å². The van der Waals surface area contributed by atoms with Crippen LogP contribution in [0.15, 0.2) is 24.5 Å². The highest BCUT2D eigenvalue weighted by molar-refractivity contribution is 5.15. The summed E-state index contributed by atoms with van der Waals surface area (Å²) in [5.74, 6) is 0.802. The first-order valence-corrected chi connectivity index (χ1v) is 5.65. The molecule has 0 aliphatic carbocycles. The lowest BCUT2D eigenvalue weighted by atomic mass is 10.1. The Labute approximate surface area is 91.3 Å². The summed E-state index contributed by atoms with van der Waals surface area (Å²) in [6.45, 7) is 5.31. The van der Waals surface area contributed by atoms with Crippen molar-refractivity contribution in [3.8, 4) is 0 Å². The molecule has 0 aromatic carbocycles. The highest BCUT2D eigenvalue weighted by Crippen LogP contribution is 2.26. The van der Waals surface area contributed by atoms with Crippen LogP contribution in [-0.4, -0.2) is 29.5 Å². The molecule has 2 heterocycles. The summed E-state index contributed by atoms with van der Waals surface area (Å²) in [7, 11) is 0. The first-order chi connectivity index (χ1) is 7.31. The van der Waals surface area contributed by atoms with Crippen molar-refractivity contribution in [2.45, 2.75) is 19.4 Å². The number of nitrogens with two attached hydrogens (primary N) is 1. The first kappa shape index (κ1) is 10.6. The molecule has 0 spiro atoms. The maximum Gasteiger partial charge on any atom is 0.0485 e. The maximum absolute atomic E-state index is 5.86. The number of hydrogen-bond donors (Lipinski definition) is 1. The largest absolute Gasteiger partial charge is 0.329 e. The monoisotopic (exact) mass is 205 g/mol. The molecule has 2 N–H and O–H groups in total. The molecule has 2 rings (SSSR count). The Kier molecular flexibility index (Phi) is 3.34. The molecule has 0 bridgehead atoms. The van der Waals surface area contributed by atoms with E-state index < -0.39 is 0 Å². The molecule has 1 saturated heterocycles. The van der Waals surface area contributed by atoms with Gasteiger partial charge in [0, 0.05) is 31.5 Å². The van der Waals surface area contributed by atoms with E-state index in [2.05, 4.69) is 22.9 Å². The van der Waals surface area contributed by atoms with E-state index in [1.54, 1.807) is 0 Å². The summed E-state index contributed by atoms with van der Waals surface area (Å²) in [6.07, 6.45) is 5.03. The second-order valence-electron chi connectivity index (χ2n) is 4.43. The number of aromatic nitrogens is 1. The molecule has 3 heteroatoms. The Hall–Kier alpha value is -0.930. The van der Waals surface area contributed by atoms with Gasteiger partial charge in [-0.05, 0) is 30.5 Å². The molecule has 1 aromatic rings. The summed E-state index contributed by atoms with van der Waals surface area (Å²) >= 11 is 0. The lowest BCUT2D eigenvalue weighted by molar-refractivity contribution is 0.243. The predicted molar refractivity (Wildman–Crippen MR) is 61.4 cm³/mol. The summed E-state index contributed by atoms with van der Waals surface area (Å²) in [5.41, 5.74) is 7.11. The van der Waals surface area contributed by atoms with Crippen LogP contribution in [0.5, 0.6) is 0 Å². The third-order valence-corrected chi connectivity index (χ3v) is 3.19. The van der Waals surface area contributed by atoms with Crippen LogP contribution in [-0.2, 0) is 0 Å². The van der Waals surface area contributed by atoms with Crippen LogP contribution in [0, 0.1) is 5.92 Å². The van der Waals surface area contributed by atoms with Gasteiger partial charge in [-0.15, -0.1) is 0 Å². The van der Waals surface area contributed by atoms with Crippen molar-refractivity contribution in [2.24, 2.45) is 11.7 Å². The molecule has 1 aliphatic rings. The van der Waals surface area contributed by atoms with Crippen LogP contribution in [0.3, 0.4) is 0 Å². The average molecular weight is 205 g/mol. The van der Waals surface area contributed by atoms with Gasteiger partial charge in [-0.25, -0.2) is 0 Å². The van der Waals surface area contributed by atoms with Crippen molar-refractivity contribution in [1.29, 1.82) is 0 Å². The summed E-state index contributed by atoms with van der Waals surface area (Å²) in [4.78, 5) is 6.64. The molecule has 1 aliphatic heterocycles. The van der Waals surface area contributed by atoms with Crippen LogP contribution < -0.4 is 5.73 Å². The predicted octanol–water partition coefficient (Wildman–Crippen LogP) is 1.42. The smallest absolute Gasteiger partial charge is 0.0485 e. The van der Waals surface area contributed by atoms with Crippen molar-refractivity contribution in [2.75, 3.05) is 19.6 Å². The highest BCUT2D eigenvalue weighted by atomic mass is 15.2. The number of rotatable bonds is 3. The Bertz CT molecular complexity index is 299. The Morgan fingerprint density at radius 2 is 2.53 bits per heavy atom. The number of hydrogen-bond acceptors (Lipinski definition) is 3. The summed E-state index contributed by atoms with van der Waals surface area (Å²) in [6, 6.07) is 4.45. The van der Waals surface area contributed by atoms with Gasteiger partial charge in [-0.1, -0.05) is 13.0 Å². The number of likely N-dealkylation sites (tertiary alicyclic amines) is 1. The maximum atomic E-state index is 5.86. The lowest BCUT2D eigenvalue weighted by Crippen LogP contribution is -2.32. The second-order valence-corrected chi connectivity index (χ2v) is 4.43. The Morgan fingerprint density at radius 1 is 1.67 bits per heavy atom. The number of pyridine rings is 1. The molecular formula is C12H19N3. The van der Waals surface area contributed by atoms with E-state index in [9.17, 15) is 0 Å². The highest BCUT2D eigenvalue weighted by Gasteiger charge is 2.25. The second kappa shape index (κ2) is 4.73. The molecule has 1 fully saturated rings. The van der Waals surface area contributed by atoms with Crippen molar-refractivity contribution >= 4 is 0 Å². The zero-order chi connectivity index (χ0) is 10.7. The van der Waals surface area contributed by atoms with Gasteiger partial charge in [0.05, 0.1) is 0 Å². The molecule has 0 saturated carbocycles. The molecule has 2 atom stereocenters. The zero-order valence-corrected chi connectivity index (χ0v) is 9.26. The average Bonchev–Trinajstić information content (AvgIpc) is 2.68. The van der Waals surface area contributed by atoms with Gasteiger partial charge in [-0.2, -0.15) is 0 Å². The van der Waals surface area contributed by atoms with Gasteiger partial charge in [0.15, 0.2) is 0 Å². The van der Waals surface area contributed by atoms with Gasteiger partial charge in [0.25, 0.3) is 0 Å². The molecule has 82 valence electrons. The van der Waals surface area contributed by atoms with Crippen LogP contribution in [0.2, 0.25) is 0 Å². The third-order valence-electron chi connectivity index (χ3n) is 3.19. The molecular weight excluding hydrogens is 186 g/mol. The van der Waals surface area contributed by atoms with Crippen LogP contribution in [0.1, 0.15) is 24.9 Å². The van der Waals surface area contributed by atoms with Crippen molar-refractivity contribution < 1.29 is 0 Å². The zero-order valence-electron chi connectivity index (χ0n) is 9.26. The third kappa shape index (κ3) is 2.36. The Morgan fingerprint density at radius 3 is 3.07 bits per heavy atom. The molecule has 2 unspecified atom stereocenters. The lowest BCUT2D eigenvalue weighted by Gasteiger charge is -2.26. The van der Waals surface area contributed by atoms with E-state index in [4.69, 9.17) is 5.73 Å². The van der Waals surface area contributed by atoms with E-state index >= 15 is 0 Å². The van der Waals surface area contributed by atoms with Crippen molar-refractivity contribution in [1.82, 2.24) is 9.88 Å². The van der Waals surface area contributed by atoms with E-state index in [0.717, 1.165) is 19.0 Å². The standard InChI is InChI=1S/C12H19N3/c1-10-4-6-15(9-10)12(7-13)11-3-2-5-14-8-11/h2-3,5,8,10,12H,4,6-7,9,13H2,1H3. The number of nitrogens with zero attached hydrogens (tertiary/aromatic N) is 2. The molecule has 0 radical (unpaired) electrons. The van der Waals surface area contributed by atoms with Crippen molar-refractivity contribution in [3.05, 3.63) is 30.1 Å². The fourth-order valence-corrected chi connectivity index (χ4v) is 2.32. The van der Waals surface area contributed by atoms with Gasteiger partial charge in [-0.3, -0.25) is 9.88 Å². The minimum atomic E-state index is 0.351. The summed E-state index contributed by atoms with van der Waals surface area (Å²) in [5, 5.41) is 0. The molecule has 0 amide bonds. The fraction of sp³-hybridized carbons (Fsp3) is 0.583. The topological polar surface area (TPSA) is 42.1 Å². The van der Waals surface area contributed by atoms with Gasteiger partial charge < -0.3 is 5.73 Å². The molecule has 15 heavy (non-hydrogen) atoms. The molecule has 1 aromatic heterocycles. The van der Waals surface area contributed by atoms with Crippen LogP contribution in [0.4, 0.5) is 0 Å². The van der Waals surface area contributed by atoms with E-state index in [0.29, 0.717) is 12.6 Å².